The number of rotatable bonds is 3. The van der Waals surface area contributed by atoms with Crippen LogP contribution in [0.3, 0.4) is 0 Å². The summed E-state index contributed by atoms with van der Waals surface area (Å²) in [6.45, 7) is 6.44. The van der Waals surface area contributed by atoms with E-state index in [1.54, 1.807) is 31.2 Å². The highest BCUT2D eigenvalue weighted by molar-refractivity contribution is 5.98. The van der Waals surface area contributed by atoms with E-state index in [1.165, 1.54) is 6.92 Å². The van der Waals surface area contributed by atoms with Crippen LogP contribution in [0.25, 0.3) is 0 Å². The minimum absolute atomic E-state index is 0.139. The summed E-state index contributed by atoms with van der Waals surface area (Å²) in [4.78, 5) is 22.5. The van der Waals surface area contributed by atoms with Gasteiger partial charge in [-0.2, -0.15) is 0 Å². The molecule has 1 rings (SSSR count). The topological polar surface area (TPSA) is 43.4 Å². The number of carbonyl (C=O) groups excluding carboxylic acids is 2. The van der Waals surface area contributed by atoms with Crippen molar-refractivity contribution in [2.24, 2.45) is 0 Å². The molecule has 0 fully saturated rings. The maximum atomic E-state index is 11.3. The summed E-state index contributed by atoms with van der Waals surface area (Å²) in [6, 6.07) is 6.61. The molecule has 1 aromatic rings. The summed E-state index contributed by atoms with van der Waals surface area (Å²) in [5, 5.41) is 0. The quantitative estimate of drug-likeness (QED) is 0.328. The first-order chi connectivity index (χ1) is 7.02. The predicted octanol–water partition coefficient (Wildman–Crippen LogP) is 2.37. The van der Waals surface area contributed by atoms with Crippen molar-refractivity contribution in [2.75, 3.05) is 0 Å². The summed E-state index contributed by atoms with van der Waals surface area (Å²) in [5.74, 6) is -0.387. The lowest BCUT2D eigenvalue weighted by atomic mass is 10.1. The van der Waals surface area contributed by atoms with Gasteiger partial charge in [0, 0.05) is 5.57 Å². The number of benzene rings is 1. The molecule has 0 radical (unpaired) electrons. The monoisotopic (exact) mass is 204 g/mol. The fourth-order valence-electron chi connectivity index (χ4n) is 1.03. The van der Waals surface area contributed by atoms with Crippen LogP contribution in [0.5, 0.6) is 5.75 Å². The number of para-hydroxylation sites is 1. The number of esters is 1. The van der Waals surface area contributed by atoms with Crippen LogP contribution in [0.4, 0.5) is 0 Å². The lowest BCUT2D eigenvalue weighted by molar-refractivity contribution is -0.130. The zero-order chi connectivity index (χ0) is 11.4. The van der Waals surface area contributed by atoms with Crippen LogP contribution in [-0.4, -0.2) is 11.8 Å². The minimum atomic E-state index is -0.524. The zero-order valence-electron chi connectivity index (χ0n) is 8.74. The van der Waals surface area contributed by atoms with Crippen molar-refractivity contribution in [1.29, 1.82) is 0 Å². The summed E-state index contributed by atoms with van der Waals surface area (Å²) in [6.07, 6.45) is 0. The van der Waals surface area contributed by atoms with E-state index in [-0.39, 0.29) is 11.5 Å². The van der Waals surface area contributed by atoms with Crippen LogP contribution in [0.2, 0.25) is 0 Å². The highest BCUT2D eigenvalue weighted by atomic mass is 16.5. The summed E-state index contributed by atoms with van der Waals surface area (Å²) in [7, 11) is 0. The SMILES string of the molecule is C=C(C)C(=O)Oc1ccccc1C(C)=O. The second kappa shape index (κ2) is 4.55. The second-order valence-electron chi connectivity index (χ2n) is 3.22. The van der Waals surface area contributed by atoms with Crippen LogP contribution in [0.15, 0.2) is 36.4 Å². The third-order valence-electron chi connectivity index (χ3n) is 1.82. The average molecular weight is 204 g/mol. The Morgan fingerprint density at radius 3 is 2.33 bits per heavy atom. The molecule has 0 aliphatic heterocycles. The van der Waals surface area contributed by atoms with Crippen molar-refractivity contribution in [1.82, 2.24) is 0 Å². The molecule has 3 nitrogen and oxygen atoms in total. The molecule has 0 bridgehead atoms. The average Bonchev–Trinajstić information content (AvgIpc) is 2.18. The number of carbonyl (C=O) groups is 2. The van der Waals surface area contributed by atoms with Crippen LogP contribution >= 0.6 is 0 Å². The van der Waals surface area contributed by atoms with Gasteiger partial charge in [-0.05, 0) is 26.0 Å². The molecule has 15 heavy (non-hydrogen) atoms. The summed E-state index contributed by atoms with van der Waals surface area (Å²) < 4.78 is 5.01. The largest absolute Gasteiger partial charge is 0.422 e. The molecular formula is C12H12O3. The van der Waals surface area contributed by atoms with Crippen molar-refractivity contribution in [3.63, 3.8) is 0 Å². The van der Waals surface area contributed by atoms with E-state index < -0.39 is 5.97 Å². The first-order valence-corrected chi connectivity index (χ1v) is 4.50. The Balaban J connectivity index is 2.99. The van der Waals surface area contributed by atoms with Crippen LogP contribution in [0, 0.1) is 0 Å². The van der Waals surface area contributed by atoms with Crippen molar-refractivity contribution in [3.05, 3.63) is 42.0 Å². The molecule has 3 heteroatoms. The number of hydrogen-bond acceptors (Lipinski definition) is 3. The molecule has 0 saturated heterocycles. The standard InChI is InChI=1S/C12H12O3/c1-8(2)12(14)15-11-7-5-4-6-10(11)9(3)13/h4-7H,1H2,2-3H3. The van der Waals surface area contributed by atoms with Gasteiger partial charge < -0.3 is 4.74 Å². The molecule has 0 saturated carbocycles. The molecule has 0 aliphatic carbocycles. The maximum Gasteiger partial charge on any atom is 0.338 e. The van der Waals surface area contributed by atoms with Gasteiger partial charge in [0.25, 0.3) is 0 Å². The predicted molar refractivity (Wildman–Crippen MR) is 56.9 cm³/mol. The van der Waals surface area contributed by atoms with Gasteiger partial charge in [0.1, 0.15) is 5.75 Å². The molecular weight excluding hydrogens is 192 g/mol. The van der Waals surface area contributed by atoms with E-state index in [4.69, 9.17) is 4.74 Å². The van der Waals surface area contributed by atoms with Crippen LogP contribution in [-0.2, 0) is 4.79 Å². The van der Waals surface area contributed by atoms with Crippen LogP contribution < -0.4 is 4.74 Å². The molecule has 0 heterocycles. The number of ether oxygens (including phenoxy) is 1. The number of ketones is 1. The van der Waals surface area contributed by atoms with Gasteiger partial charge in [0.15, 0.2) is 5.78 Å². The second-order valence-corrected chi connectivity index (χ2v) is 3.22. The molecule has 0 aliphatic rings. The number of hydrogen-bond donors (Lipinski definition) is 0. The van der Waals surface area contributed by atoms with Crippen LogP contribution in [0.1, 0.15) is 24.2 Å². The smallest absolute Gasteiger partial charge is 0.338 e. The third-order valence-corrected chi connectivity index (χ3v) is 1.82. The Bertz CT molecular complexity index is 419. The van der Waals surface area contributed by atoms with Gasteiger partial charge in [-0.1, -0.05) is 18.7 Å². The van der Waals surface area contributed by atoms with E-state index >= 15 is 0 Å². The molecule has 0 aromatic heterocycles. The third kappa shape index (κ3) is 2.77. The first-order valence-electron chi connectivity index (χ1n) is 4.50. The summed E-state index contributed by atoms with van der Waals surface area (Å²) in [5.41, 5.74) is 0.695. The van der Waals surface area contributed by atoms with Crippen molar-refractivity contribution >= 4 is 11.8 Å². The molecule has 1 aromatic carbocycles. The van der Waals surface area contributed by atoms with E-state index in [2.05, 4.69) is 6.58 Å². The molecule has 0 amide bonds. The van der Waals surface area contributed by atoms with Gasteiger partial charge in [0.2, 0.25) is 0 Å². The normalized spacial score (nSPS) is 9.47. The molecule has 0 N–H and O–H groups in total. The maximum absolute atomic E-state index is 11.3. The van der Waals surface area contributed by atoms with Gasteiger partial charge in [-0.3, -0.25) is 4.79 Å². The lowest BCUT2D eigenvalue weighted by Crippen LogP contribution is -2.10. The van der Waals surface area contributed by atoms with Crippen molar-refractivity contribution in [3.8, 4) is 5.75 Å². The minimum Gasteiger partial charge on any atom is -0.422 e. The Labute approximate surface area is 88.4 Å². The van der Waals surface area contributed by atoms with Gasteiger partial charge >= 0.3 is 5.97 Å². The van der Waals surface area contributed by atoms with Crippen molar-refractivity contribution < 1.29 is 14.3 Å². The number of Topliss-reactive ketones (excluding diaryl/α,β-unsaturated/α-hetero) is 1. The van der Waals surface area contributed by atoms with Gasteiger partial charge in [-0.15, -0.1) is 0 Å². The first kappa shape index (κ1) is 11.2. The van der Waals surface area contributed by atoms with Crippen molar-refractivity contribution in [2.45, 2.75) is 13.8 Å². The van der Waals surface area contributed by atoms with Gasteiger partial charge in [0.05, 0.1) is 5.56 Å². The van der Waals surface area contributed by atoms with E-state index in [1.807, 2.05) is 0 Å². The Morgan fingerprint density at radius 2 is 1.80 bits per heavy atom. The highest BCUT2D eigenvalue weighted by Crippen LogP contribution is 2.19. The summed E-state index contributed by atoms with van der Waals surface area (Å²) >= 11 is 0. The van der Waals surface area contributed by atoms with E-state index in [0.29, 0.717) is 11.1 Å². The van der Waals surface area contributed by atoms with E-state index in [0.717, 1.165) is 0 Å². The fraction of sp³-hybridized carbons (Fsp3) is 0.167. The Hall–Kier alpha value is -1.90. The zero-order valence-corrected chi connectivity index (χ0v) is 8.74. The Morgan fingerprint density at radius 1 is 1.20 bits per heavy atom. The Kier molecular flexibility index (Phi) is 3.39. The molecule has 78 valence electrons. The molecule has 0 spiro atoms. The highest BCUT2D eigenvalue weighted by Gasteiger charge is 2.11. The molecule has 0 unspecified atom stereocenters. The fourth-order valence-corrected chi connectivity index (χ4v) is 1.03. The van der Waals surface area contributed by atoms with E-state index in [9.17, 15) is 9.59 Å². The molecule has 0 atom stereocenters. The lowest BCUT2D eigenvalue weighted by Gasteiger charge is -2.06. The van der Waals surface area contributed by atoms with Gasteiger partial charge in [-0.25, -0.2) is 4.79 Å².